The summed E-state index contributed by atoms with van der Waals surface area (Å²) in [7, 11) is 0. The van der Waals surface area contributed by atoms with E-state index >= 15 is 0 Å². The van der Waals surface area contributed by atoms with Crippen LogP contribution in [0.5, 0.6) is 5.88 Å². The Morgan fingerprint density at radius 3 is 2.30 bits per heavy atom. The maximum absolute atomic E-state index is 13.6. The van der Waals surface area contributed by atoms with Crippen LogP contribution in [-0.2, 0) is 12.8 Å². The van der Waals surface area contributed by atoms with Crippen molar-refractivity contribution in [3.63, 3.8) is 0 Å². The van der Waals surface area contributed by atoms with Crippen LogP contribution in [0.4, 0.5) is 27.5 Å². The topological polar surface area (TPSA) is 74.8 Å². The predicted molar refractivity (Wildman–Crippen MR) is 130 cm³/mol. The van der Waals surface area contributed by atoms with E-state index in [9.17, 15) is 26.6 Å². The van der Waals surface area contributed by atoms with E-state index < -0.39 is 29.2 Å². The number of piperazine rings is 1. The number of anilines is 1. The third-order valence-corrected chi connectivity index (χ3v) is 6.22. The zero-order valence-corrected chi connectivity index (χ0v) is 20.2. The summed E-state index contributed by atoms with van der Waals surface area (Å²) in [4.78, 5) is 32.4. The molecule has 0 atom stereocenters. The molecule has 0 saturated carbocycles. The summed E-state index contributed by atoms with van der Waals surface area (Å²) in [6.07, 6.45) is -3.37. The summed E-state index contributed by atoms with van der Waals surface area (Å²) < 4.78 is 59.0. The van der Waals surface area contributed by atoms with Crippen LogP contribution < -0.4 is 10.1 Å². The number of benzene rings is 2. The van der Waals surface area contributed by atoms with Crippen molar-refractivity contribution in [1.82, 2.24) is 14.8 Å². The molecule has 3 aromatic rings. The first-order valence-corrected chi connectivity index (χ1v) is 11.9. The number of carbonyl (C=O) groups is 2. The van der Waals surface area contributed by atoms with E-state index in [0.29, 0.717) is 0 Å². The normalized spacial score (nSPS) is 13.8. The lowest BCUT2D eigenvalue weighted by Crippen LogP contribution is -2.51. The van der Waals surface area contributed by atoms with Gasteiger partial charge in [0.15, 0.2) is 0 Å². The average Bonchev–Trinajstić information content (AvgIpc) is 2.92. The minimum Gasteiger partial charge on any atom is -0.473 e. The first-order chi connectivity index (χ1) is 17.8. The molecule has 0 unspecified atom stereocenters. The number of urea groups is 1. The standard InChI is InChI=1S/C25H22F4N4O3S/c26-25(27,28)19-9-5-4-8-18(19)23(34)32-10-12-33(13-11-32)24(35)31-20-15-30-22(14-21(20)37-29)36-16-17-6-2-1-3-7-17/h1-9,14-15H,10-13,16H2,(H,31,35). The molecular weight excluding hydrogens is 512 g/mol. The molecule has 1 N–H and O–H groups in total. The van der Waals surface area contributed by atoms with Gasteiger partial charge in [-0.1, -0.05) is 42.5 Å². The highest BCUT2D eigenvalue weighted by Gasteiger charge is 2.36. The van der Waals surface area contributed by atoms with Gasteiger partial charge in [-0.3, -0.25) is 4.79 Å². The summed E-state index contributed by atoms with van der Waals surface area (Å²) in [6, 6.07) is 14.8. The molecule has 194 valence electrons. The van der Waals surface area contributed by atoms with Crippen molar-refractivity contribution in [2.45, 2.75) is 17.7 Å². The molecule has 1 saturated heterocycles. The van der Waals surface area contributed by atoms with Crippen LogP contribution in [-0.4, -0.2) is 52.9 Å². The van der Waals surface area contributed by atoms with Crippen LogP contribution in [0.3, 0.4) is 0 Å². The highest BCUT2D eigenvalue weighted by atomic mass is 32.2. The second-order valence-electron chi connectivity index (χ2n) is 8.12. The molecule has 1 fully saturated rings. The molecule has 0 radical (unpaired) electrons. The number of rotatable bonds is 6. The van der Waals surface area contributed by atoms with Gasteiger partial charge in [0.25, 0.3) is 5.91 Å². The minimum atomic E-state index is -4.66. The van der Waals surface area contributed by atoms with Gasteiger partial charge in [0.05, 0.1) is 40.1 Å². The third-order valence-electron chi connectivity index (χ3n) is 5.71. The molecular formula is C25H22F4N4O3S. The van der Waals surface area contributed by atoms with Gasteiger partial charge in [-0.15, -0.1) is 0 Å². The molecule has 0 bridgehead atoms. The summed E-state index contributed by atoms with van der Waals surface area (Å²) in [6.45, 7) is 0.527. The largest absolute Gasteiger partial charge is 0.473 e. The minimum absolute atomic E-state index is 0.0493. The van der Waals surface area contributed by atoms with Crippen molar-refractivity contribution in [3.8, 4) is 5.88 Å². The smallest absolute Gasteiger partial charge is 0.417 e. The maximum Gasteiger partial charge on any atom is 0.417 e. The number of hydrogen-bond donors (Lipinski definition) is 1. The number of alkyl halides is 3. The zero-order chi connectivity index (χ0) is 26.4. The molecule has 7 nitrogen and oxygen atoms in total. The first kappa shape index (κ1) is 26.3. The first-order valence-electron chi connectivity index (χ1n) is 11.2. The number of aromatic nitrogens is 1. The molecule has 4 rings (SSSR count). The lowest BCUT2D eigenvalue weighted by atomic mass is 10.1. The lowest BCUT2D eigenvalue weighted by molar-refractivity contribution is -0.138. The van der Waals surface area contributed by atoms with E-state index in [1.54, 1.807) is 0 Å². The Labute approximate surface area is 214 Å². The highest BCUT2D eigenvalue weighted by Crippen LogP contribution is 2.33. The van der Waals surface area contributed by atoms with Crippen LogP contribution >= 0.6 is 12.1 Å². The number of hydrogen-bond acceptors (Lipinski definition) is 5. The van der Waals surface area contributed by atoms with Crippen molar-refractivity contribution in [2.24, 2.45) is 0 Å². The van der Waals surface area contributed by atoms with E-state index in [2.05, 4.69) is 10.3 Å². The van der Waals surface area contributed by atoms with Gasteiger partial charge in [-0.05, 0) is 17.7 Å². The molecule has 12 heteroatoms. The van der Waals surface area contributed by atoms with E-state index in [4.69, 9.17) is 4.74 Å². The Morgan fingerprint density at radius 1 is 0.973 bits per heavy atom. The average molecular weight is 535 g/mol. The summed E-state index contributed by atoms with van der Waals surface area (Å²) in [5, 5.41) is 2.59. The molecule has 1 aromatic heterocycles. The number of nitrogens with zero attached hydrogens (tertiary/aromatic N) is 3. The van der Waals surface area contributed by atoms with Gasteiger partial charge in [-0.2, -0.15) is 17.1 Å². The number of amides is 3. The van der Waals surface area contributed by atoms with Gasteiger partial charge < -0.3 is 19.9 Å². The van der Waals surface area contributed by atoms with E-state index in [1.165, 1.54) is 34.2 Å². The van der Waals surface area contributed by atoms with E-state index in [-0.39, 0.29) is 61.4 Å². The van der Waals surface area contributed by atoms with Crippen molar-refractivity contribution < 1.29 is 31.4 Å². The van der Waals surface area contributed by atoms with Crippen LogP contribution in [0.2, 0.25) is 0 Å². The molecule has 3 amide bonds. The lowest BCUT2D eigenvalue weighted by Gasteiger charge is -2.35. The summed E-state index contributed by atoms with van der Waals surface area (Å²) >= 11 is -0.0729. The molecule has 0 spiro atoms. The van der Waals surface area contributed by atoms with Crippen LogP contribution in [0.15, 0.2) is 71.8 Å². The number of carbonyl (C=O) groups excluding carboxylic acids is 2. The van der Waals surface area contributed by atoms with Gasteiger partial charge in [0.2, 0.25) is 5.88 Å². The van der Waals surface area contributed by atoms with Gasteiger partial charge in [0, 0.05) is 32.2 Å². The molecule has 1 aliphatic rings. The predicted octanol–water partition coefficient (Wildman–Crippen LogP) is 5.65. The van der Waals surface area contributed by atoms with E-state index in [0.717, 1.165) is 17.7 Å². The highest BCUT2D eigenvalue weighted by molar-refractivity contribution is 7.94. The fourth-order valence-electron chi connectivity index (χ4n) is 3.78. The Balaban J connectivity index is 1.34. The molecule has 2 aromatic carbocycles. The Morgan fingerprint density at radius 2 is 1.62 bits per heavy atom. The SMILES string of the molecule is O=C(Nc1cnc(OCc2ccccc2)cc1SF)N1CCN(C(=O)c2ccccc2C(F)(F)F)CC1. The summed E-state index contributed by atoms with van der Waals surface area (Å²) in [5.41, 5.74) is -0.379. The molecule has 37 heavy (non-hydrogen) atoms. The second-order valence-corrected chi connectivity index (χ2v) is 8.72. The molecule has 2 heterocycles. The Kier molecular flexibility index (Phi) is 8.17. The van der Waals surface area contributed by atoms with Gasteiger partial charge in [0.1, 0.15) is 6.61 Å². The number of pyridine rings is 1. The number of halogens is 4. The monoisotopic (exact) mass is 534 g/mol. The van der Waals surface area contributed by atoms with Crippen molar-refractivity contribution in [3.05, 3.63) is 83.6 Å². The fourth-order valence-corrected chi connectivity index (χ4v) is 4.11. The second kappa shape index (κ2) is 11.5. The zero-order valence-electron chi connectivity index (χ0n) is 19.4. The van der Waals surface area contributed by atoms with Crippen molar-refractivity contribution in [1.29, 1.82) is 0 Å². The summed E-state index contributed by atoms with van der Waals surface area (Å²) in [5.74, 6) is -0.562. The van der Waals surface area contributed by atoms with Crippen molar-refractivity contribution >= 4 is 29.8 Å². The number of ether oxygens (including phenoxy) is 1. The third kappa shape index (κ3) is 6.50. The molecule has 1 aliphatic heterocycles. The molecule has 0 aliphatic carbocycles. The van der Waals surface area contributed by atoms with E-state index in [1.807, 2.05) is 30.3 Å². The van der Waals surface area contributed by atoms with Crippen LogP contribution in [0.1, 0.15) is 21.5 Å². The quantitative estimate of drug-likeness (QED) is 0.414. The van der Waals surface area contributed by atoms with Gasteiger partial charge in [-0.25, -0.2) is 9.78 Å². The number of nitrogens with one attached hydrogen (secondary N) is 1. The van der Waals surface area contributed by atoms with Crippen LogP contribution in [0, 0.1) is 0 Å². The Hall–Kier alpha value is -3.80. The Bertz CT molecular complexity index is 1250. The van der Waals surface area contributed by atoms with Crippen LogP contribution in [0.25, 0.3) is 0 Å². The van der Waals surface area contributed by atoms with Crippen molar-refractivity contribution in [2.75, 3.05) is 31.5 Å². The fraction of sp³-hybridized carbons (Fsp3) is 0.240. The van der Waals surface area contributed by atoms with Gasteiger partial charge >= 0.3 is 12.2 Å². The maximum atomic E-state index is 13.6.